The molecular formula is C18H15N3O. The number of nitrogens with one attached hydrogen (secondary N) is 1. The minimum atomic E-state index is -0.174. The first-order valence-corrected chi connectivity index (χ1v) is 7.00. The molecule has 3 aromatic rings. The van der Waals surface area contributed by atoms with Crippen LogP contribution in [0.3, 0.4) is 0 Å². The lowest BCUT2D eigenvalue weighted by molar-refractivity contribution is 0.0964. The zero-order valence-electron chi connectivity index (χ0n) is 12.2. The highest BCUT2D eigenvalue weighted by molar-refractivity contribution is 6.05. The van der Waals surface area contributed by atoms with Gasteiger partial charge in [-0.3, -0.25) is 4.79 Å². The van der Waals surface area contributed by atoms with E-state index in [0.717, 1.165) is 16.7 Å². The van der Waals surface area contributed by atoms with Crippen molar-refractivity contribution < 1.29 is 4.79 Å². The summed E-state index contributed by atoms with van der Waals surface area (Å²) in [6.07, 6.45) is 1.63. The van der Waals surface area contributed by atoms with Gasteiger partial charge < -0.3 is 5.32 Å². The first kappa shape index (κ1) is 13.9. The van der Waals surface area contributed by atoms with Crippen molar-refractivity contribution in [1.82, 2.24) is 15.5 Å². The molecule has 4 heteroatoms. The SMILES string of the molecule is CNC(=O)c1c(-c2ccccc2)cnnc1-c1ccccc1. The van der Waals surface area contributed by atoms with Crippen LogP contribution in [0.25, 0.3) is 22.4 Å². The molecule has 3 rings (SSSR count). The molecule has 0 aliphatic heterocycles. The minimum Gasteiger partial charge on any atom is -0.355 e. The summed E-state index contributed by atoms with van der Waals surface area (Å²) in [5.41, 5.74) is 3.70. The van der Waals surface area contributed by atoms with E-state index in [4.69, 9.17) is 0 Å². The summed E-state index contributed by atoms with van der Waals surface area (Å²) in [6, 6.07) is 19.3. The van der Waals surface area contributed by atoms with Gasteiger partial charge in [-0.05, 0) is 5.56 Å². The molecule has 1 N–H and O–H groups in total. The average Bonchev–Trinajstić information content (AvgIpc) is 2.62. The van der Waals surface area contributed by atoms with Gasteiger partial charge in [-0.2, -0.15) is 5.10 Å². The number of rotatable bonds is 3. The molecule has 0 radical (unpaired) electrons. The Hall–Kier alpha value is -3.01. The highest BCUT2D eigenvalue weighted by Gasteiger charge is 2.19. The summed E-state index contributed by atoms with van der Waals surface area (Å²) in [4.78, 5) is 12.4. The third-order valence-electron chi connectivity index (χ3n) is 3.44. The molecule has 1 aromatic heterocycles. The molecule has 0 unspecified atom stereocenters. The predicted octanol–water partition coefficient (Wildman–Crippen LogP) is 3.17. The fraction of sp³-hybridized carbons (Fsp3) is 0.0556. The van der Waals surface area contributed by atoms with E-state index in [1.807, 2.05) is 60.7 Å². The number of nitrogens with zero attached hydrogens (tertiary/aromatic N) is 2. The number of carbonyl (C=O) groups excluding carboxylic acids is 1. The largest absolute Gasteiger partial charge is 0.355 e. The van der Waals surface area contributed by atoms with Crippen LogP contribution in [0.15, 0.2) is 66.9 Å². The Morgan fingerprint density at radius 2 is 1.50 bits per heavy atom. The predicted molar refractivity (Wildman–Crippen MR) is 86.3 cm³/mol. The van der Waals surface area contributed by atoms with Gasteiger partial charge in [0.05, 0.1) is 11.8 Å². The van der Waals surface area contributed by atoms with Crippen molar-refractivity contribution in [1.29, 1.82) is 0 Å². The maximum atomic E-state index is 12.4. The Morgan fingerprint density at radius 1 is 0.909 bits per heavy atom. The van der Waals surface area contributed by atoms with E-state index in [0.29, 0.717) is 11.3 Å². The molecule has 2 aromatic carbocycles. The zero-order chi connectivity index (χ0) is 15.4. The molecule has 0 spiro atoms. The maximum Gasteiger partial charge on any atom is 0.254 e. The Kier molecular flexibility index (Phi) is 3.92. The minimum absolute atomic E-state index is 0.174. The van der Waals surface area contributed by atoms with Crippen molar-refractivity contribution in [3.8, 4) is 22.4 Å². The quantitative estimate of drug-likeness (QED) is 0.805. The maximum absolute atomic E-state index is 12.4. The topological polar surface area (TPSA) is 54.9 Å². The summed E-state index contributed by atoms with van der Waals surface area (Å²) < 4.78 is 0. The van der Waals surface area contributed by atoms with Crippen LogP contribution >= 0.6 is 0 Å². The third kappa shape index (κ3) is 2.59. The van der Waals surface area contributed by atoms with Crippen LogP contribution in [-0.2, 0) is 0 Å². The van der Waals surface area contributed by atoms with Crippen molar-refractivity contribution in [2.24, 2.45) is 0 Å². The second-order valence-electron chi connectivity index (χ2n) is 4.79. The molecule has 0 fully saturated rings. The van der Waals surface area contributed by atoms with Crippen LogP contribution < -0.4 is 5.32 Å². The van der Waals surface area contributed by atoms with Gasteiger partial charge in [0.1, 0.15) is 5.69 Å². The molecule has 0 aliphatic carbocycles. The molecule has 0 saturated heterocycles. The molecule has 0 atom stereocenters. The van der Waals surface area contributed by atoms with E-state index in [-0.39, 0.29) is 5.91 Å². The van der Waals surface area contributed by atoms with Crippen LogP contribution in [0.1, 0.15) is 10.4 Å². The van der Waals surface area contributed by atoms with Crippen molar-refractivity contribution in [3.05, 3.63) is 72.4 Å². The van der Waals surface area contributed by atoms with Crippen molar-refractivity contribution >= 4 is 5.91 Å². The lowest BCUT2D eigenvalue weighted by Gasteiger charge is -2.12. The Labute approximate surface area is 128 Å². The molecule has 0 saturated carbocycles. The molecule has 4 nitrogen and oxygen atoms in total. The van der Waals surface area contributed by atoms with Crippen molar-refractivity contribution in [3.63, 3.8) is 0 Å². The van der Waals surface area contributed by atoms with Crippen molar-refractivity contribution in [2.75, 3.05) is 7.05 Å². The fourth-order valence-corrected chi connectivity index (χ4v) is 2.38. The second kappa shape index (κ2) is 6.18. The molecule has 0 aliphatic rings. The van der Waals surface area contributed by atoms with Gasteiger partial charge in [0.15, 0.2) is 0 Å². The van der Waals surface area contributed by atoms with Crippen LogP contribution in [0.5, 0.6) is 0 Å². The number of benzene rings is 2. The number of hydrogen-bond donors (Lipinski definition) is 1. The fourth-order valence-electron chi connectivity index (χ4n) is 2.38. The lowest BCUT2D eigenvalue weighted by atomic mass is 9.97. The molecular weight excluding hydrogens is 274 g/mol. The van der Waals surface area contributed by atoms with Gasteiger partial charge >= 0.3 is 0 Å². The van der Waals surface area contributed by atoms with Gasteiger partial charge in [-0.1, -0.05) is 60.7 Å². The summed E-state index contributed by atoms with van der Waals surface area (Å²) in [5, 5.41) is 11.0. The van der Waals surface area contributed by atoms with E-state index < -0.39 is 0 Å². The van der Waals surface area contributed by atoms with Gasteiger partial charge in [0.25, 0.3) is 5.91 Å². The number of carbonyl (C=O) groups is 1. The van der Waals surface area contributed by atoms with E-state index in [1.165, 1.54) is 0 Å². The van der Waals surface area contributed by atoms with Gasteiger partial charge in [-0.15, -0.1) is 5.10 Å². The van der Waals surface area contributed by atoms with Crippen LogP contribution in [-0.4, -0.2) is 23.2 Å². The third-order valence-corrected chi connectivity index (χ3v) is 3.44. The summed E-state index contributed by atoms with van der Waals surface area (Å²) >= 11 is 0. The summed E-state index contributed by atoms with van der Waals surface area (Å²) in [6.45, 7) is 0. The highest BCUT2D eigenvalue weighted by atomic mass is 16.1. The normalized spacial score (nSPS) is 10.2. The Morgan fingerprint density at radius 3 is 2.09 bits per heavy atom. The first-order chi connectivity index (χ1) is 10.8. The highest BCUT2D eigenvalue weighted by Crippen LogP contribution is 2.29. The zero-order valence-corrected chi connectivity index (χ0v) is 12.2. The number of hydrogen-bond acceptors (Lipinski definition) is 3. The van der Waals surface area contributed by atoms with Gasteiger partial charge in [0.2, 0.25) is 0 Å². The first-order valence-electron chi connectivity index (χ1n) is 7.00. The Bertz CT molecular complexity index is 728. The standard InChI is InChI=1S/C18H15N3O/c1-19-18(22)16-15(13-8-4-2-5-9-13)12-20-21-17(16)14-10-6-3-7-11-14/h2-12H,1H3,(H,19,22). The number of aromatic nitrogens is 2. The monoisotopic (exact) mass is 289 g/mol. The van der Waals surface area contributed by atoms with Gasteiger partial charge in [-0.25, -0.2) is 0 Å². The molecule has 108 valence electrons. The molecule has 0 bridgehead atoms. The van der Waals surface area contributed by atoms with Crippen molar-refractivity contribution in [2.45, 2.75) is 0 Å². The molecule has 1 heterocycles. The lowest BCUT2D eigenvalue weighted by Crippen LogP contribution is -2.20. The van der Waals surface area contributed by atoms with Crippen LogP contribution in [0.4, 0.5) is 0 Å². The molecule has 1 amide bonds. The summed E-state index contributed by atoms with van der Waals surface area (Å²) in [5.74, 6) is -0.174. The molecule has 22 heavy (non-hydrogen) atoms. The second-order valence-corrected chi connectivity index (χ2v) is 4.79. The smallest absolute Gasteiger partial charge is 0.254 e. The average molecular weight is 289 g/mol. The van der Waals surface area contributed by atoms with E-state index in [1.54, 1.807) is 13.2 Å². The van der Waals surface area contributed by atoms with E-state index in [2.05, 4.69) is 15.5 Å². The number of amides is 1. The van der Waals surface area contributed by atoms with Crippen LogP contribution in [0.2, 0.25) is 0 Å². The van der Waals surface area contributed by atoms with E-state index >= 15 is 0 Å². The van der Waals surface area contributed by atoms with E-state index in [9.17, 15) is 4.79 Å². The Balaban J connectivity index is 2.26. The van der Waals surface area contributed by atoms with Crippen LogP contribution in [0, 0.1) is 0 Å². The van der Waals surface area contributed by atoms with Gasteiger partial charge in [0, 0.05) is 18.2 Å². The summed E-state index contributed by atoms with van der Waals surface area (Å²) in [7, 11) is 1.62.